The van der Waals surface area contributed by atoms with Gasteiger partial charge in [-0.1, -0.05) is 26.2 Å². The van der Waals surface area contributed by atoms with E-state index in [2.05, 4.69) is 17.1 Å². The molecule has 4 rings (SSSR count). The molecule has 0 radical (unpaired) electrons. The van der Waals surface area contributed by atoms with Crippen molar-refractivity contribution < 1.29 is 5.32 Å². The van der Waals surface area contributed by atoms with Crippen LogP contribution in [0.2, 0.25) is 0 Å². The van der Waals surface area contributed by atoms with Crippen LogP contribution >= 0.6 is 0 Å². The second-order valence-corrected chi connectivity index (χ2v) is 8.96. The number of piperidine rings is 1. The van der Waals surface area contributed by atoms with E-state index in [1.165, 1.54) is 70.9 Å². The van der Waals surface area contributed by atoms with Crippen molar-refractivity contribution in [3.05, 3.63) is 0 Å². The summed E-state index contributed by atoms with van der Waals surface area (Å²) in [5.41, 5.74) is 6.79. The number of quaternary nitrogens is 1. The maximum absolute atomic E-state index is 6.79. The van der Waals surface area contributed by atoms with Gasteiger partial charge in [-0.05, 0) is 50.4 Å². The Bertz CT molecular complexity index is 379. The summed E-state index contributed by atoms with van der Waals surface area (Å²) >= 11 is 0. The van der Waals surface area contributed by atoms with Gasteiger partial charge in [0, 0.05) is 31.0 Å². The highest BCUT2D eigenvalue weighted by atomic mass is 15.3. The zero-order valence-electron chi connectivity index (χ0n) is 14.4. The van der Waals surface area contributed by atoms with Crippen LogP contribution in [0.25, 0.3) is 0 Å². The zero-order chi connectivity index (χ0) is 15.1. The molecule has 0 aromatic heterocycles. The molecule has 6 atom stereocenters. The summed E-state index contributed by atoms with van der Waals surface area (Å²) in [4.78, 5) is 2.83. The van der Waals surface area contributed by atoms with Crippen molar-refractivity contribution in [1.82, 2.24) is 4.90 Å². The van der Waals surface area contributed by atoms with Crippen molar-refractivity contribution in [1.29, 1.82) is 0 Å². The van der Waals surface area contributed by atoms with Gasteiger partial charge in [-0.3, -0.25) is 4.90 Å². The predicted molar refractivity (Wildman–Crippen MR) is 90.2 cm³/mol. The fourth-order valence-electron chi connectivity index (χ4n) is 6.21. The van der Waals surface area contributed by atoms with Crippen molar-refractivity contribution in [3.8, 4) is 0 Å². The molecule has 22 heavy (non-hydrogen) atoms. The Balaban J connectivity index is 1.42. The molecular weight excluding hydrogens is 270 g/mol. The lowest BCUT2D eigenvalue weighted by atomic mass is 9.69. The molecule has 2 saturated carbocycles. The highest BCUT2D eigenvalue weighted by Gasteiger charge is 2.52. The van der Waals surface area contributed by atoms with E-state index in [-0.39, 0.29) is 0 Å². The monoisotopic (exact) mass is 306 g/mol. The third-order valence-electron chi connectivity index (χ3n) is 7.48. The molecule has 6 unspecified atom stereocenters. The standard InChI is InChI=1S/C19H35N3/c1-13-7-8-17-16(11-13)18(20)15-9-10-22(19(15)21-17)12-14-5-3-2-4-6-14/h13-19,21H,2-12,20H2,1H3/p+1. The van der Waals surface area contributed by atoms with Crippen molar-refractivity contribution >= 4 is 0 Å². The van der Waals surface area contributed by atoms with Crippen molar-refractivity contribution in [2.45, 2.75) is 83.0 Å². The Morgan fingerprint density at radius 3 is 2.64 bits per heavy atom. The molecule has 4 N–H and O–H groups in total. The molecule has 3 heteroatoms. The van der Waals surface area contributed by atoms with E-state index in [9.17, 15) is 0 Å². The largest absolute Gasteiger partial charge is 0.328 e. The molecular formula is C19H36N3+. The molecule has 4 aliphatic rings. The first-order valence-electron chi connectivity index (χ1n) is 10.1. The average molecular weight is 307 g/mol. The SMILES string of the molecule is CC1CCC2[NH2+]C3C(CCN3CC3CCCCC3)C(N)C2C1. The van der Waals surface area contributed by atoms with Crippen LogP contribution in [0, 0.1) is 23.7 Å². The quantitative estimate of drug-likeness (QED) is 0.819. The van der Waals surface area contributed by atoms with Gasteiger partial charge >= 0.3 is 0 Å². The van der Waals surface area contributed by atoms with Gasteiger partial charge in [-0.2, -0.15) is 0 Å². The molecule has 4 fully saturated rings. The number of rotatable bonds is 2. The topological polar surface area (TPSA) is 45.9 Å². The summed E-state index contributed by atoms with van der Waals surface area (Å²) in [6.07, 6.45) is 13.6. The van der Waals surface area contributed by atoms with Crippen LogP contribution in [-0.2, 0) is 0 Å². The first kappa shape index (κ1) is 15.4. The third kappa shape index (κ3) is 2.85. The highest BCUT2D eigenvalue weighted by Crippen LogP contribution is 2.38. The Morgan fingerprint density at radius 2 is 1.82 bits per heavy atom. The van der Waals surface area contributed by atoms with Crippen molar-refractivity contribution in [2.24, 2.45) is 29.4 Å². The lowest BCUT2D eigenvalue weighted by Crippen LogP contribution is -3.03. The minimum absolute atomic E-state index is 0.471. The summed E-state index contributed by atoms with van der Waals surface area (Å²) in [6.45, 7) is 5.10. The van der Waals surface area contributed by atoms with Crippen LogP contribution in [-0.4, -0.2) is 36.2 Å². The summed E-state index contributed by atoms with van der Waals surface area (Å²) < 4.78 is 0. The number of nitrogens with two attached hydrogens (primary N) is 2. The van der Waals surface area contributed by atoms with E-state index < -0.39 is 0 Å². The van der Waals surface area contributed by atoms with Gasteiger partial charge in [-0.15, -0.1) is 0 Å². The Morgan fingerprint density at radius 1 is 1.00 bits per heavy atom. The van der Waals surface area contributed by atoms with Crippen LogP contribution in [0.15, 0.2) is 0 Å². The predicted octanol–water partition coefficient (Wildman–Crippen LogP) is 1.92. The molecule has 2 heterocycles. The molecule has 2 aliphatic carbocycles. The van der Waals surface area contributed by atoms with Crippen LogP contribution < -0.4 is 11.1 Å². The number of fused-ring (bicyclic) bond motifs is 2. The lowest BCUT2D eigenvalue weighted by molar-refractivity contribution is -0.760. The lowest BCUT2D eigenvalue weighted by Gasteiger charge is -2.46. The molecule has 0 aromatic carbocycles. The van der Waals surface area contributed by atoms with E-state index in [4.69, 9.17) is 5.73 Å². The summed E-state index contributed by atoms with van der Waals surface area (Å²) in [7, 11) is 0. The van der Waals surface area contributed by atoms with Crippen LogP contribution in [0.1, 0.15) is 64.7 Å². The van der Waals surface area contributed by atoms with E-state index >= 15 is 0 Å². The van der Waals surface area contributed by atoms with Gasteiger partial charge in [0.1, 0.15) is 6.17 Å². The second-order valence-electron chi connectivity index (χ2n) is 8.96. The Labute approximate surface area is 136 Å². The fraction of sp³-hybridized carbons (Fsp3) is 1.00. The average Bonchev–Trinajstić information content (AvgIpc) is 2.93. The minimum atomic E-state index is 0.471. The maximum Gasteiger partial charge on any atom is 0.146 e. The van der Waals surface area contributed by atoms with Gasteiger partial charge in [0.05, 0.1) is 6.04 Å². The highest BCUT2D eigenvalue weighted by molar-refractivity contribution is 4.97. The minimum Gasteiger partial charge on any atom is -0.328 e. The molecule has 0 amide bonds. The van der Waals surface area contributed by atoms with E-state index in [1.54, 1.807) is 0 Å². The Hall–Kier alpha value is -0.120. The number of nitrogens with zero attached hydrogens (tertiary/aromatic N) is 1. The molecule has 0 spiro atoms. The van der Waals surface area contributed by atoms with Crippen LogP contribution in [0.5, 0.6) is 0 Å². The molecule has 0 bridgehead atoms. The molecule has 3 nitrogen and oxygen atoms in total. The molecule has 0 aromatic rings. The first-order chi connectivity index (χ1) is 10.7. The second kappa shape index (κ2) is 6.41. The summed E-state index contributed by atoms with van der Waals surface area (Å²) in [5.74, 6) is 3.42. The molecule has 2 aliphatic heterocycles. The van der Waals surface area contributed by atoms with Gasteiger partial charge in [0.2, 0.25) is 0 Å². The van der Waals surface area contributed by atoms with Gasteiger partial charge in [0.15, 0.2) is 0 Å². The number of hydrogen-bond acceptors (Lipinski definition) is 2. The summed E-state index contributed by atoms with van der Waals surface area (Å²) in [6, 6.07) is 1.29. The van der Waals surface area contributed by atoms with Crippen LogP contribution in [0.3, 0.4) is 0 Å². The fourth-order valence-corrected chi connectivity index (χ4v) is 6.21. The Kier molecular flexibility index (Phi) is 4.49. The number of likely N-dealkylation sites (tertiary alicyclic amines) is 1. The molecule has 126 valence electrons. The van der Waals surface area contributed by atoms with E-state index in [0.717, 1.165) is 29.7 Å². The van der Waals surface area contributed by atoms with E-state index in [1.807, 2.05) is 0 Å². The third-order valence-corrected chi connectivity index (χ3v) is 7.48. The van der Waals surface area contributed by atoms with Crippen molar-refractivity contribution in [3.63, 3.8) is 0 Å². The smallest absolute Gasteiger partial charge is 0.146 e. The maximum atomic E-state index is 6.79. The van der Waals surface area contributed by atoms with Crippen molar-refractivity contribution in [2.75, 3.05) is 13.1 Å². The van der Waals surface area contributed by atoms with E-state index in [0.29, 0.717) is 12.2 Å². The van der Waals surface area contributed by atoms with Crippen LogP contribution in [0.4, 0.5) is 0 Å². The van der Waals surface area contributed by atoms with Gasteiger partial charge in [-0.25, -0.2) is 0 Å². The number of hydrogen-bond donors (Lipinski definition) is 2. The normalized spacial score (nSPS) is 47.2. The molecule has 2 saturated heterocycles. The zero-order valence-corrected chi connectivity index (χ0v) is 14.4. The van der Waals surface area contributed by atoms with Gasteiger partial charge < -0.3 is 11.1 Å². The summed E-state index contributed by atoms with van der Waals surface area (Å²) in [5, 5.41) is 2.76. The van der Waals surface area contributed by atoms with Gasteiger partial charge in [0.25, 0.3) is 0 Å². The first-order valence-corrected chi connectivity index (χ1v) is 10.1.